The van der Waals surface area contributed by atoms with Crippen molar-refractivity contribution in [3.8, 4) is 0 Å². The molecule has 1 aromatic heterocycles. The molecule has 22 heavy (non-hydrogen) atoms. The molecule has 114 valence electrons. The van der Waals surface area contributed by atoms with Gasteiger partial charge in [0.2, 0.25) is 0 Å². The van der Waals surface area contributed by atoms with Crippen molar-refractivity contribution < 1.29 is 9.18 Å². The van der Waals surface area contributed by atoms with Gasteiger partial charge in [-0.3, -0.25) is 4.79 Å². The van der Waals surface area contributed by atoms with Crippen molar-refractivity contribution in [3.63, 3.8) is 0 Å². The number of hydrogen-bond acceptors (Lipinski definition) is 4. The predicted octanol–water partition coefficient (Wildman–Crippen LogP) is 2.46. The van der Waals surface area contributed by atoms with E-state index in [1.54, 1.807) is 25.2 Å². The Kier molecular flexibility index (Phi) is 4.00. The van der Waals surface area contributed by atoms with Crippen LogP contribution in [0.5, 0.6) is 0 Å². The van der Waals surface area contributed by atoms with Gasteiger partial charge in [-0.2, -0.15) is 0 Å². The molecule has 1 atom stereocenters. The van der Waals surface area contributed by atoms with Gasteiger partial charge in [-0.25, -0.2) is 4.39 Å². The lowest BCUT2D eigenvalue weighted by atomic mass is 9.87. The van der Waals surface area contributed by atoms with Crippen LogP contribution in [0, 0.1) is 5.82 Å². The SMILES string of the molecule is CNC(=O)c1ccc(NC2CCCc3ccc(F)cc32)nn1. The summed E-state index contributed by atoms with van der Waals surface area (Å²) in [4.78, 5) is 11.4. The maximum atomic E-state index is 13.5. The molecule has 0 fully saturated rings. The molecule has 0 saturated heterocycles. The minimum Gasteiger partial charge on any atom is -0.362 e. The van der Waals surface area contributed by atoms with Crippen molar-refractivity contribution in [1.82, 2.24) is 15.5 Å². The summed E-state index contributed by atoms with van der Waals surface area (Å²) in [6.45, 7) is 0. The van der Waals surface area contributed by atoms with Gasteiger partial charge in [0.25, 0.3) is 5.91 Å². The van der Waals surface area contributed by atoms with Crippen molar-refractivity contribution in [2.75, 3.05) is 12.4 Å². The van der Waals surface area contributed by atoms with E-state index in [4.69, 9.17) is 0 Å². The fraction of sp³-hybridized carbons (Fsp3) is 0.312. The number of carbonyl (C=O) groups is 1. The monoisotopic (exact) mass is 300 g/mol. The molecule has 1 aliphatic carbocycles. The normalized spacial score (nSPS) is 16.7. The quantitative estimate of drug-likeness (QED) is 0.914. The Morgan fingerprint density at radius 3 is 2.86 bits per heavy atom. The number of benzene rings is 1. The minimum absolute atomic E-state index is 0.0135. The molecular weight excluding hydrogens is 283 g/mol. The van der Waals surface area contributed by atoms with Crippen molar-refractivity contribution >= 4 is 11.7 Å². The van der Waals surface area contributed by atoms with Crippen molar-refractivity contribution in [2.24, 2.45) is 0 Å². The molecule has 1 aromatic carbocycles. The standard InChI is InChI=1S/C16H17FN4O/c1-18-16(22)14-7-8-15(21-20-14)19-13-4-2-3-10-5-6-11(17)9-12(10)13/h5-9,13H,2-4H2,1H3,(H,18,22)(H,19,21). The van der Waals surface area contributed by atoms with Gasteiger partial charge in [-0.05, 0) is 54.7 Å². The fourth-order valence-electron chi connectivity index (χ4n) is 2.76. The highest BCUT2D eigenvalue weighted by atomic mass is 19.1. The number of anilines is 1. The number of aromatic nitrogens is 2. The lowest BCUT2D eigenvalue weighted by Crippen LogP contribution is -2.21. The molecule has 0 spiro atoms. The second kappa shape index (κ2) is 6.09. The van der Waals surface area contributed by atoms with E-state index in [-0.39, 0.29) is 23.5 Å². The summed E-state index contributed by atoms with van der Waals surface area (Å²) in [6.07, 6.45) is 2.92. The molecule has 6 heteroatoms. The van der Waals surface area contributed by atoms with Gasteiger partial charge in [-0.1, -0.05) is 6.07 Å². The number of hydrogen-bond donors (Lipinski definition) is 2. The van der Waals surface area contributed by atoms with Gasteiger partial charge in [0.1, 0.15) is 11.6 Å². The number of halogens is 1. The van der Waals surface area contributed by atoms with Crippen LogP contribution >= 0.6 is 0 Å². The highest BCUT2D eigenvalue weighted by Crippen LogP contribution is 2.32. The first-order chi connectivity index (χ1) is 10.7. The smallest absolute Gasteiger partial charge is 0.271 e. The van der Waals surface area contributed by atoms with Crippen molar-refractivity contribution in [3.05, 3.63) is 53.0 Å². The van der Waals surface area contributed by atoms with Crippen LogP contribution in [0.25, 0.3) is 0 Å². The predicted molar refractivity (Wildman–Crippen MR) is 81.1 cm³/mol. The molecule has 2 aromatic rings. The largest absolute Gasteiger partial charge is 0.362 e. The summed E-state index contributed by atoms with van der Waals surface area (Å²) >= 11 is 0. The summed E-state index contributed by atoms with van der Waals surface area (Å²) in [7, 11) is 1.55. The van der Waals surface area contributed by atoms with Gasteiger partial charge >= 0.3 is 0 Å². The van der Waals surface area contributed by atoms with Gasteiger partial charge in [0.05, 0.1) is 6.04 Å². The number of aryl methyl sites for hydroxylation is 1. The van der Waals surface area contributed by atoms with Gasteiger partial charge in [0.15, 0.2) is 5.69 Å². The van der Waals surface area contributed by atoms with Crippen LogP contribution in [0.15, 0.2) is 30.3 Å². The third kappa shape index (κ3) is 2.90. The molecule has 0 bridgehead atoms. The fourth-order valence-corrected chi connectivity index (χ4v) is 2.76. The second-order valence-corrected chi connectivity index (χ2v) is 5.32. The first-order valence-corrected chi connectivity index (χ1v) is 7.28. The molecule has 3 rings (SSSR count). The maximum Gasteiger partial charge on any atom is 0.271 e. The number of rotatable bonds is 3. The average Bonchev–Trinajstić information content (AvgIpc) is 2.55. The zero-order chi connectivity index (χ0) is 15.5. The number of carbonyl (C=O) groups excluding carboxylic acids is 1. The first-order valence-electron chi connectivity index (χ1n) is 7.28. The highest BCUT2D eigenvalue weighted by Gasteiger charge is 2.21. The molecular formula is C16H17FN4O. The molecule has 1 heterocycles. The summed E-state index contributed by atoms with van der Waals surface area (Å²) in [5, 5.41) is 13.7. The number of nitrogens with zero attached hydrogens (tertiary/aromatic N) is 2. The average molecular weight is 300 g/mol. The molecule has 1 unspecified atom stereocenters. The zero-order valence-corrected chi connectivity index (χ0v) is 12.3. The Morgan fingerprint density at radius 2 is 2.14 bits per heavy atom. The van der Waals surface area contributed by atoms with E-state index in [1.807, 2.05) is 6.07 Å². The lowest BCUT2D eigenvalue weighted by molar-refractivity contribution is 0.0957. The van der Waals surface area contributed by atoms with Crippen LogP contribution in [0.4, 0.5) is 10.2 Å². The summed E-state index contributed by atoms with van der Waals surface area (Å²) < 4.78 is 13.5. The van der Waals surface area contributed by atoms with Crippen LogP contribution < -0.4 is 10.6 Å². The van der Waals surface area contributed by atoms with Crippen LogP contribution in [0.2, 0.25) is 0 Å². The lowest BCUT2D eigenvalue weighted by Gasteiger charge is -2.26. The van der Waals surface area contributed by atoms with E-state index in [0.717, 1.165) is 24.8 Å². The summed E-state index contributed by atoms with van der Waals surface area (Å²) in [5.41, 5.74) is 2.41. The Balaban J connectivity index is 1.80. The highest BCUT2D eigenvalue weighted by molar-refractivity contribution is 5.91. The van der Waals surface area contributed by atoms with Crippen LogP contribution in [0.3, 0.4) is 0 Å². The molecule has 0 radical (unpaired) electrons. The Hall–Kier alpha value is -2.50. The Morgan fingerprint density at radius 1 is 1.27 bits per heavy atom. The molecule has 2 N–H and O–H groups in total. The Labute approximate surface area is 128 Å². The minimum atomic E-state index is -0.274. The third-order valence-electron chi connectivity index (χ3n) is 3.87. The van der Waals surface area contributed by atoms with Gasteiger partial charge < -0.3 is 10.6 Å². The maximum absolute atomic E-state index is 13.5. The van der Waals surface area contributed by atoms with Crippen LogP contribution in [-0.2, 0) is 6.42 Å². The van der Waals surface area contributed by atoms with E-state index in [2.05, 4.69) is 20.8 Å². The van der Waals surface area contributed by atoms with E-state index < -0.39 is 0 Å². The molecule has 0 saturated carbocycles. The van der Waals surface area contributed by atoms with E-state index in [0.29, 0.717) is 5.82 Å². The molecule has 1 aliphatic rings. The number of nitrogens with one attached hydrogen (secondary N) is 2. The zero-order valence-electron chi connectivity index (χ0n) is 12.3. The summed E-state index contributed by atoms with van der Waals surface area (Å²) in [6, 6.07) is 8.27. The van der Waals surface area contributed by atoms with Gasteiger partial charge in [-0.15, -0.1) is 10.2 Å². The van der Waals surface area contributed by atoms with E-state index in [9.17, 15) is 9.18 Å². The Bertz CT molecular complexity index is 687. The number of fused-ring (bicyclic) bond motifs is 1. The molecule has 0 aliphatic heterocycles. The van der Waals surface area contributed by atoms with E-state index in [1.165, 1.54) is 11.6 Å². The molecule has 1 amide bonds. The summed E-state index contributed by atoms with van der Waals surface area (Å²) in [5.74, 6) is 0.0763. The van der Waals surface area contributed by atoms with Crippen molar-refractivity contribution in [2.45, 2.75) is 25.3 Å². The van der Waals surface area contributed by atoms with Gasteiger partial charge in [0, 0.05) is 7.05 Å². The van der Waals surface area contributed by atoms with Crippen molar-refractivity contribution in [1.29, 1.82) is 0 Å². The molecule has 5 nitrogen and oxygen atoms in total. The third-order valence-corrected chi connectivity index (χ3v) is 3.87. The first kappa shape index (κ1) is 14.4. The van der Waals surface area contributed by atoms with Crippen LogP contribution in [-0.4, -0.2) is 23.2 Å². The second-order valence-electron chi connectivity index (χ2n) is 5.32. The topological polar surface area (TPSA) is 66.9 Å². The number of amides is 1. The van der Waals surface area contributed by atoms with Crippen LogP contribution in [0.1, 0.15) is 40.5 Å². The van der Waals surface area contributed by atoms with E-state index >= 15 is 0 Å².